The minimum atomic E-state index is -0.639. The molecule has 0 radical (unpaired) electrons. The Balaban J connectivity index is 1.87. The number of nitrogens with one attached hydrogen (secondary N) is 2. The second kappa shape index (κ2) is 13.1. The molecule has 2 aromatic rings. The maximum Gasteiger partial charge on any atom is 0.251 e. The SMILES string of the molecule is CCCCNC(=O)C(CCSSC(=O)c1ccccc1)NC(=O)c1ccccc1. The maximum absolute atomic E-state index is 12.5. The predicted octanol–water partition coefficient (Wildman–Crippen LogP) is 4.31. The van der Waals surface area contributed by atoms with Crippen LogP contribution in [0.4, 0.5) is 0 Å². The van der Waals surface area contributed by atoms with E-state index in [1.165, 1.54) is 10.8 Å². The van der Waals surface area contributed by atoms with Crippen LogP contribution in [0.25, 0.3) is 0 Å². The Labute approximate surface area is 179 Å². The highest BCUT2D eigenvalue weighted by atomic mass is 33.1. The van der Waals surface area contributed by atoms with Crippen molar-refractivity contribution < 1.29 is 14.4 Å². The molecule has 154 valence electrons. The Morgan fingerprint density at radius 2 is 1.55 bits per heavy atom. The summed E-state index contributed by atoms with van der Waals surface area (Å²) in [7, 11) is 2.54. The summed E-state index contributed by atoms with van der Waals surface area (Å²) in [4.78, 5) is 37.1. The quantitative estimate of drug-likeness (QED) is 0.410. The number of unbranched alkanes of at least 4 members (excludes halogenated alkanes) is 1. The largest absolute Gasteiger partial charge is 0.354 e. The fourth-order valence-corrected chi connectivity index (χ4v) is 4.40. The minimum Gasteiger partial charge on any atom is -0.354 e. The van der Waals surface area contributed by atoms with Crippen molar-refractivity contribution in [2.45, 2.75) is 32.2 Å². The first-order valence-electron chi connectivity index (χ1n) is 9.64. The first-order valence-corrected chi connectivity index (χ1v) is 12.0. The Bertz CT molecular complexity index is 785. The van der Waals surface area contributed by atoms with Gasteiger partial charge in [0, 0.05) is 23.4 Å². The van der Waals surface area contributed by atoms with E-state index in [-0.39, 0.29) is 16.9 Å². The second-order valence-electron chi connectivity index (χ2n) is 6.38. The molecule has 0 aliphatic rings. The third kappa shape index (κ3) is 8.33. The second-order valence-corrected chi connectivity index (χ2v) is 8.77. The summed E-state index contributed by atoms with van der Waals surface area (Å²) in [6, 6.07) is 17.3. The number of hydrogen-bond donors (Lipinski definition) is 2. The van der Waals surface area contributed by atoms with E-state index in [1.807, 2.05) is 24.3 Å². The van der Waals surface area contributed by atoms with Gasteiger partial charge in [0.1, 0.15) is 6.04 Å². The van der Waals surface area contributed by atoms with Crippen LogP contribution in [0.5, 0.6) is 0 Å². The van der Waals surface area contributed by atoms with Crippen molar-refractivity contribution >= 4 is 38.5 Å². The molecule has 5 nitrogen and oxygen atoms in total. The highest BCUT2D eigenvalue weighted by Gasteiger charge is 2.21. The van der Waals surface area contributed by atoms with Crippen LogP contribution in [0.15, 0.2) is 60.7 Å². The molecule has 2 N–H and O–H groups in total. The smallest absolute Gasteiger partial charge is 0.251 e. The zero-order valence-electron chi connectivity index (χ0n) is 16.4. The summed E-state index contributed by atoms with van der Waals surface area (Å²) >= 11 is 0. The average molecular weight is 431 g/mol. The van der Waals surface area contributed by atoms with Crippen LogP contribution in [0, 0.1) is 0 Å². The summed E-state index contributed by atoms with van der Waals surface area (Å²) in [6.45, 7) is 2.64. The fraction of sp³-hybridized carbons (Fsp3) is 0.318. The van der Waals surface area contributed by atoms with Gasteiger partial charge in [-0.15, -0.1) is 0 Å². The number of hydrogen-bond acceptors (Lipinski definition) is 5. The van der Waals surface area contributed by atoms with E-state index in [0.29, 0.717) is 29.8 Å². The van der Waals surface area contributed by atoms with Gasteiger partial charge >= 0.3 is 0 Å². The zero-order chi connectivity index (χ0) is 20.9. The topological polar surface area (TPSA) is 75.3 Å². The van der Waals surface area contributed by atoms with E-state index in [4.69, 9.17) is 0 Å². The molecule has 0 bridgehead atoms. The summed E-state index contributed by atoms with van der Waals surface area (Å²) < 4.78 is 0. The van der Waals surface area contributed by atoms with Crippen LogP contribution in [0.2, 0.25) is 0 Å². The van der Waals surface area contributed by atoms with E-state index in [1.54, 1.807) is 36.4 Å². The molecule has 0 saturated carbocycles. The molecular formula is C22H26N2O3S2. The first-order chi connectivity index (χ1) is 14.1. The molecule has 0 aliphatic carbocycles. The molecule has 0 heterocycles. The van der Waals surface area contributed by atoms with Crippen molar-refractivity contribution in [1.29, 1.82) is 0 Å². The van der Waals surface area contributed by atoms with Gasteiger partial charge in [-0.2, -0.15) is 0 Å². The molecular weight excluding hydrogens is 404 g/mol. The summed E-state index contributed by atoms with van der Waals surface area (Å²) in [5, 5.41) is 5.68. The first kappa shape index (κ1) is 23.0. The highest BCUT2D eigenvalue weighted by molar-refractivity contribution is 8.82. The van der Waals surface area contributed by atoms with E-state index < -0.39 is 6.04 Å². The Morgan fingerprint density at radius 1 is 0.931 bits per heavy atom. The van der Waals surface area contributed by atoms with E-state index >= 15 is 0 Å². The van der Waals surface area contributed by atoms with Crippen LogP contribution >= 0.6 is 21.6 Å². The van der Waals surface area contributed by atoms with Crippen LogP contribution in [0.3, 0.4) is 0 Å². The Kier molecular flexibility index (Phi) is 10.4. The van der Waals surface area contributed by atoms with Crippen LogP contribution in [-0.4, -0.2) is 35.3 Å². The third-order valence-electron chi connectivity index (χ3n) is 4.12. The number of carbonyl (C=O) groups is 3. The fourth-order valence-electron chi connectivity index (χ4n) is 2.49. The van der Waals surface area contributed by atoms with Gasteiger partial charge in [-0.1, -0.05) is 72.7 Å². The highest BCUT2D eigenvalue weighted by Crippen LogP contribution is 2.26. The van der Waals surface area contributed by atoms with Gasteiger partial charge in [0.05, 0.1) is 0 Å². The maximum atomic E-state index is 12.5. The van der Waals surface area contributed by atoms with Crippen molar-refractivity contribution in [2.24, 2.45) is 0 Å². The normalized spacial score (nSPS) is 11.5. The van der Waals surface area contributed by atoms with Crippen molar-refractivity contribution in [3.05, 3.63) is 71.8 Å². The molecule has 2 aromatic carbocycles. The molecule has 0 aromatic heterocycles. The summed E-state index contributed by atoms with van der Waals surface area (Å²) in [5.41, 5.74) is 1.16. The van der Waals surface area contributed by atoms with Gasteiger partial charge in [-0.25, -0.2) is 0 Å². The standard InChI is InChI=1S/C22H26N2O3S2/c1-2-3-15-23-21(26)19(24-20(25)17-10-6-4-7-11-17)14-16-28-29-22(27)18-12-8-5-9-13-18/h4-13,19H,2-3,14-16H2,1H3,(H,23,26)(H,24,25). The van der Waals surface area contributed by atoms with Gasteiger partial charge < -0.3 is 10.6 Å². The lowest BCUT2D eigenvalue weighted by atomic mass is 10.1. The molecule has 2 rings (SSSR count). The molecule has 0 aliphatic heterocycles. The third-order valence-corrected chi connectivity index (χ3v) is 6.34. The molecule has 0 fully saturated rings. The van der Waals surface area contributed by atoms with Gasteiger partial charge in [0.25, 0.3) is 5.91 Å². The van der Waals surface area contributed by atoms with Gasteiger partial charge in [-0.05, 0) is 35.8 Å². The lowest BCUT2D eigenvalue weighted by Gasteiger charge is -2.18. The summed E-state index contributed by atoms with van der Waals surface area (Å²) in [6.07, 6.45) is 2.31. The van der Waals surface area contributed by atoms with Crippen molar-refractivity contribution in [3.63, 3.8) is 0 Å². The van der Waals surface area contributed by atoms with Gasteiger partial charge in [0.15, 0.2) is 0 Å². The number of benzene rings is 2. The molecule has 1 unspecified atom stereocenters. The predicted molar refractivity (Wildman–Crippen MR) is 121 cm³/mol. The van der Waals surface area contributed by atoms with Crippen LogP contribution in [0.1, 0.15) is 46.9 Å². The van der Waals surface area contributed by atoms with E-state index in [0.717, 1.165) is 23.6 Å². The zero-order valence-corrected chi connectivity index (χ0v) is 18.1. The number of rotatable bonds is 11. The number of carbonyl (C=O) groups excluding carboxylic acids is 3. The molecule has 2 amide bonds. The van der Waals surface area contributed by atoms with Gasteiger partial charge in [0.2, 0.25) is 11.0 Å². The Morgan fingerprint density at radius 3 is 2.17 bits per heavy atom. The molecule has 1 atom stereocenters. The van der Waals surface area contributed by atoms with Crippen molar-refractivity contribution in [1.82, 2.24) is 10.6 Å². The lowest BCUT2D eigenvalue weighted by molar-refractivity contribution is -0.123. The summed E-state index contributed by atoms with van der Waals surface area (Å²) in [5.74, 6) is 0.0893. The lowest BCUT2D eigenvalue weighted by Crippen LogP contribution is -2.47. The molecule has 0 spiro atoms. The average Bonchev–Trinajstić information content (AvgIpc) is 2.76. The van der Waals surface area contributed by atoms with Crippen molar-refractivity contribution in [3.8, 4) is 0 Å². The van der Waals surface area contributed by atoms with Crippen LogP contribution < -0.4 is 10.6 Å². The van der Waals surface area contributed by atoms with E-state index in [9.17, 15) is 14.4 Å². The Hall–Kier alpha value is -2.25. The minimum absolute atomic E-state index is 0.0205. The number of amides is 2. The van der Waals surface area contributed by atoms with Crippen molar-refractivity contribution in [2.75, 3.05) is 12.3 Å². The molecule has 29 heavy (non-hydrogen) atoms. The van der Waals surface area contributed by atoms with Gasteiger partial charge in [-0.3, -0.25) is 14.4 Å². The van der Waals surface area contributed by atoms with Crippen LogP contribution in [-0.2, 0) is 4.79 Å². The monoisotopic (exact) mass is 430 g/mol. The molecule has 7 heteroatoms. The molecule has 0 saturated heterocycles. The van der Waals surface area contributed by atoms with E-state index in [2.05, 4.69) is 17.6 Å².